The Morgan fingerprint density at radius 2 is 1.81 bits per heavy atom. The zero-order valence-electron chi connectivity index (χ0n) is 12.9. The highest BCUT2D eigenvalue weighted by molar-refractivity contribution is 7.09. The molecule has 1 aromatic carbocycles. The maximum atomic E-state index is 4.63. The normalized spacial score (nSPS) is 12.6. The molecule has 0 saturated carbocycles. The van der Waals surface area contributed by atoms with E-state index in [0.29, 0.717) is 6.04 Å². The monoisotopic (exact) mass is 296 g/mol. The van der Waals surface area contributed by atoms with E-state index in [2.05, 4.69) is 79.0 Å². The molecule has 2 nitrogen and oxygen atoms in total. The molecule has 3 heteroatoms. The van der Waals surface area contributed by atoms with Crippen molar-refractivity contribution in [2.45, 2.75) is 33.7 Å². The van der Waals surface area contributed by atoms with Gasteiger partial charge in [0.15, 0.2) is 0 Å². The Bertz CT molecular complexity index is 753. The molecule has 3 aromatic rings. The van der Waals surface area contributed by atoms with Crippen molar-refractivity contribution < 1.29 is 0 Å². The summed E-state index contributed by atoms with van der Waals surface area (Å²) in [7, 11) is 0. The van der Waals surface area contributed by atoms with E-state index in [1.165, 1.54) is 22.5 Å². The molecule has 2 heterocycles. The van der Waals surface area contributed by atoms with Crippen LogP contribution in [0.15, 0.2) is 41.8 Å². The van der Waals surface area contributed by atoms with Crippen molar-refractivity contribution in [1.82, 2.24) is 9.55 Å². The van der Waals surface area contributed by atoms with E-state index >= 15 is 0 Å². The number of thiazole rings is 1. The number of aromatic nitrogens is 2. The highest BCUT2D eigenvalue weighted by Gasteiger charge is 2.17. The molecule has 0 N–H and O–H groups in total. The Hall–Kier alpha value is -1.87. The van der Waals surface area contributed by atoms with Crippen molar-refractivity contribution in [3.05, 3.63) is 63.7 Å². The van der Waals surface area contributed by atoms with Crippen LogP contribution in [0.25, 0.3) is 11.3 Å². The second kappa shape index (κ2) is 5.49. The molecule has 21 heavy (non-hydrogen) atoms. The van der Waals surface area contributed by atoms with Crippen molar-refractivity contribution in [1.29, 1.82) is 0 Å². The van der Waals surface area contributed by atoms with Crippen molar-refractivity contribution in [2.24, 2.45) is 0 Å². The van der Waals surface area contributed by atoms with E-state index in [-0.39, 0.29) is 0 Å². The molecule has 0 unspecified atom stereocenters. The van der Waals surface area contributed by atoms with Gasteiger partial charge < -0.3 is 4.57 Å². The average Bonchev–Trinajstić information content (AvgIpc) is 3.03. The summed E-state index contributed by atoms with van der Waals surface area (Å²) in [5.74, 6) is 0. The molecule has 0 spiro atoms. The molecule has 0 fully saturated rings. The van der Waals surface area contributed by atoms with Crippen LogP contribution >= 0.6 is 11.3 Å². The molecule has 3 rings (SSSR count). The zero-order chi connectivity index (χ0) is 15.0. The summed E-state index contributed by atoms with van der Waals surface area (Å²) in [6, 6.07) is 13.2. The number of benzene rings is 1. The minimum atomic E-state index is 0.333. The van der Waals surface area contributed by atoms with E-state index in [9.17, 15) is 0 Å². The Kier molecular flexibility index (Phi) is 3.68. The van der Waals surface area contributed by atoms with Crippen LogP contribution in [0.4, 0.5) is 0 Å². The summed E-state index contributed by atoms with van der Waals surface area (Å²) >= 11 is 1.71. The van der Waals surface area contributed by atoms with E-state index in [0.717, 1.165) is 10.7 Å². The Balaban J connectivity index is 2.06. The standard InChI is InChI=1S/C18H20N2S/c1-12-10-17(18-11-21-15(4)19-18)14(3)20(12)13(2)16-8-6-5-7-9-16/h5-11,13H,1-4H3/t13-/m0/s1. The first-order chi connectivity index (χ1) is 10.1. The zero-order valence-corrected chi connectivity index (χ0v) is 13.7. The van der Waals surface area contributed by atoms with Crippen LogP contribution in [0.3, 0.4) is 0 Å². The van der Waals surface area contributed by atoms with Gasteiger partial charge in [-0.25, -0.2) is 4.98 Å². The van der Waals surface area contributed by atoms with Gasteiger partial charge in [0, 0.05) is 22.3 Å². The van der Waals surface area contributed by atoms with Crippen molar-refractivity contribution in [2.75, 3.05) is 0 Å². The second-order valence-electron chi connectivity index (χ2n) is 5.49. The smallest absolute Gasteiger partial charge is 0.0901 e. The molecular weight excluding hydrogens is 276 g/mol. The molecule has 0 amide bonds. The molecule has 0 aliphatic carbocycles. The molecule has 1 atom stereocenters. The van der Waals surface area contributed by atoms with Gasteiger partial charge in [-0.3, -0.25) is 0 Å². The summed E-state index contributed by atoms with van der Waals surface area (Å²) in [6.45, 7) is 8.68. The number of hydrogen-bond acceptors (Lipinski definition) is 2. The molecule has 0 radical (unpaired) electrons. The van der Waals surface area contributed by atoms with Crippen molar-refractivity contribution >= 4 is 11.3 Å². The summed E-state index contributed by atoms with van der Waals surface area (Å²) in [5, 5.41) is 3.26. The molecular formula is C18H20N2S. The molecule has 0 aliphatic rings. The molecule has 0 bridgehead atoms. The molecule has 2 aromatic heterocycles. The third-order valence-corrected chi connectivity index (χ3v) is 4.82. The van der Waals surface area contributed by atoms with Crippen LogP contribution in [0.2, 0.25) is 0 Å². The van der Waals surface area contributed by atoms with Gasteiger partial charge in [-0.1, -0.05) is 30.3 Å². The summed E-state index contributed by atoms with van der Waals surface area (Å²) in [5.41, 5.74) is 6.25. The van der Waals surface area contributed by atoms with Crippen LogP contribution in [-0.2, 0) is 0 Å². The predicted molar refractivity (Wildman–Crippen MR) is 90.0 cm³/mol. The molecule has 0 saturated heterocycles. The summed E-state index contributed by atoms with van der Waals surface area (Å²) in [4.78, 5) is 4.63. The van der Waals surface area contributed by atoms with E-state index in [1.54, 1.807) is 11.3 Å². The minimum absolute atomic E-state index is 0.333. The fraction of sp³-hybridized carbons (Fsp3) is 0.278. The third kappa shape index (κ3) is 2.54. The fourth-order valence-corrected chi connectivity index (χ4v) is 3.61. The molecule has 0 aliphatic heterocycles. The maximum Gasteiger partial charge on any atom is 0.0901 e. The lowest BCUT2D eigenvalue weighted by atomic mass is 10.1. The lowest BCUT2D eigenvalue weighted by Crippen LogP contribution is -2.10. The van der Waals surface area contributed by atoms with Gasteiger partial charge in [-0.05, 0) is 39.3 Å². The topological polar surface area (TPSA) is 17.8 Å². The van der Waals surface area contributed by atoms with Crippen LogP contribution in [0.5, 0.6) is 0 Å². The van der Waals surface area contributed by atoms with E-state index in [1.807, 2.05) is 0 Å². The first-order valence-corrected chi connectivity index (χ1v) is 8.11. The Morgan fingerprint density at radius 3 is 2.43 bits per heavy atom. The highest BCUT2D eigenvalue weighted by atomic mass is 32.1. The molecule has 108 valence electrons. The van der Waals surface area contributed by atoms with Gasteiger partial charge in [-0.2, -0.15) is 0 Å². The number of nitrogens with zero attached hydrogens (tertiary/aromatic N) is 2. The van der Waals surface area contributed by atoms with Gasteiger partial charge in [0.2, 0.25) is 0 Å². The SMILES string of the molecule is Cc1nc(-c2cc(C)n([C@@H](C)c3ccccc3)c2C)cs1. The summed E-state index contributed by atoms with van der Waals surface area (Å²) < 4.78 is 2.40. The van der Waals surface area contributed by atoms with Gasteiger partial charge in [0.25, 0.3) is 0 Å². The highest BCUT2D eigenvalue weighted by Crippen LogP contribution is 2.31. The van der Waals surface area contributed by atoms with Crippen molar-refractivity contribution in [3.8, 4) is 11.3 Å². The number of aryl methyl sites for hydroxylation is 2. The van der Waals surface area contributed by atoms with Gasteiger partial charge in [-0.15, -0.1) is 11.3 Å². The predicted octanol–water partition coefficient (Wildman–Crippen LogP) is 5.15. The first kappa shape index (κ1) is 14.1. The largest absolute Gasteiger partial charge is 0.341 e. The lowest BCUT2D eigenvalue weighted by Gasteiger charge is -2.19. The Morgan fingerprint density at radius 1 is 1.10 bits per heavy atom. The van der Waals surface area contributed by atoms with Crippen LogP contribution in [-0.4, -0.2) is 9.55 Å². The van der Waals surface area contributed by atoms with E-state index in [4.69, 9.17) is 0 Å². The maximum absolute atomic E-state index is 4.63. The fourth-order valence-electron chi connectivity index (χ4n) is 3.00. The number of rotatable bonds is 3. The second-order valence-corrected chi connectivity index (χ2v) is 6.56. The first-order valence-electron chi connectivity index (χ1n) is 7.24. The lowest BCUT2D eigenvalue weighted by molar-refractivity contribution is 0.610. The summed E-state index contributed by atoms with van der Waals surface area (Å²) in [6.07, 6.45) is 0. The van der Waals surface area contributed by atoms with Crippen molar-refractivity contribution in [3.63, 3.8) is 0 Å². The van der Waals surface area contributed by atoms with Gasteiger partial charge >= 0.3 is 0 Å². The third-order valence-electron chi connectivity index (χ3n) is 4.05. The van der Waals surface area contributed by atoms with Crippen LogP contribution < -0.4 is 0 Å². The Labute approximate surface area is 130 Å². The number of hydrogen-bond donors (Lipinski definition) is 0. The van der Waals surface area contributed by atoms with Crippen LogP contribution in [0.1, 0.15) is 34.9 Å². The minimum Gasteiger partial charge on any atom is -0.341 e. The quantitative estimate of drug-likeness (QED) is 0.654. The van der Waals surface area contributed by atoms with E-state index < -0.39 is 0 Å². The average molecular weight is 296 g/mol. The van der Waals surface area contributed by atoms with Gasteiger partial charge in [0.1, 0.15) is 0 Å². The van der Waals surface area contributed by atoms with Gasteiger partial charge in [0.05, 0.1) is 16.7 Å². The van der Waals surface area contributed by atoms with Crippen LogP contribution in [0, 0.1) is 20.8 Å².